The largest absolute Gasteiger partial charge is 0.418 e. The van der Waals surface area contributed by atoms with Crippen molar-refractivity contribution < 1.29 is 22.4 Å². The van der Waals surface area contributed by atoms with Gasteiger partial charge in [0.05, 0.1) is 21.8 Å². The van der Waals surface area contributed by atoms with E-state index in [4.69, 9.17) is 11.6 Å². The van der Waals surface area contributed by atoms with E-state index in [0.717, 1.165) is 30.3 Å². The van der Waals surface area contributed by atoms with Crippen molar-refractivity contribution in [2.45, 2.75) is 6.18 Å². The van der Waals surface area contributed by atoms with Crippen LogP contribution in [0.1, 0.15) is 15.9 Å². The molecule has 0 bridgehead atoms. The molecule has 0 spiro atoms. The molecule has 1 N–H and O–H groups in total. The summed E-state index contributed by atoms with van der Waals surface area (Å²) in [5.41, 5.74) is -1.18. The highest BCUT2D eigenvalue weighted by molar-refractivity contribution is 6.34. The van der Waals surface area contributed by atoms with Gasteiger partial charge in [-0.05, 0) is 36.4 Å². The number of halogens is 5. The second kappa shape index (κ2) is 6.68. The minimum atomic E-state index is -4.65. The van der Waals surface area contributed by atoms with Crippen LogP contribution in [0.5, 0.6) is 0 Å². The third kappa shape index (κ3) is 3.97. The van der Waals surface area contributed by atoms with Gasteiger partial charge in [0, 0.05) is 19.8 Å². The molecule has 0 aliphatic heterocycles. The molecular weight excluding hydrogens is 348 g/mol. The fourth-order valence-electron chi connectivity index (χ4n) is 2.02. The van der Waals surface area contributed by atoms with Gasteiger partial charge >= 0.3 is 6.18 Å². The molecule has 3 nitrogen and oxygen atoms in total. The van der Waals surface area contributed by atoms with Crippen molar-refractivity contribution in [1.29, 1.82) is 0 Å². The van der Waals surface area contributed by atoms with Gasteiger partial charge in [-0.1, -0.05) is 11.6 Å². The topological polar surface area (TPSA) is 32.3 Å². The van der Waals surface area contributed by atoms with Crippen LogP contribution in [-0.4, -0.2) is 20.0 Å². The SMILES string of the molecule is CN(C)c1ccc(NC(=O)c2ccc(F)cc2Cl)c(C(F)(F)F)c1. The highest BCUT2D eigenvalue weighted by Crippen LogP contribution is 2.37. The highest BCUT2D eigenvalue weighted by Gasteiger charge is 2.34. The lowest BCUT2D eigenvalue weighted by molar-refractivity contribution is -0.136. The molecule has 0 heterocycles. The van der Waals surface area contributed by atoms with E-state index >= 15 is 0 Å². The van der Waals surface area contributed by atoms with Gasteiger partial charge in [-0.3, -0.25) is 4.79 Å². The molecular formula is C16H13ClF4N2O. The number of carbonyl (C=O) groups is 1. The number of alkyl halides is 3. The molecule has 8 heteroatoms. The Morgan fingerprint density at radius 1 is 1.12 bits per heavy atom. The van der Waals surface area contributed by atoms with Crippen molar-refractivity contribution in [3.8, 4) is 0 Å². The minimum Gasteiger partial charge on any atom is -0.378 e. The molecule has 0 saturated heterocycles. The zero-order valence-electron chi connectivity index (χ0n) is 12.7. The van der Waals surface area contributed by atoms with Gasteiger partial charge in [0.15, 0.2) is 0 Å². The average Bonchev–Trinajstić information content (AvgIpc) is 2.45. The Bertz CT molecular complexity index is 775. The smallest absolute Gasteiger partial charge is 0.378 e. The van der Waals surface area contributed by atoms with E-state index in [1.54, 1.807) is 14.1 Å². The number of hydrogen-bond acceptors (Lipinski definition) is 2. The summed E-state index contributed by atoms with van der Waals surface area (Å²) in [7, 11) is 3.21. The number of rotatable bonds is 3. The summed E-state index contributed by atoms with van der Waals surface area (Å²) >= 11 is 5.76. The molecule has 0 radical (unpaired) electrons. The zero-order valence-corrected chi connectivity index (χ0v) is 13.5. The summed E-state index contributed by atoms with van der Waals surface area (Å²) in [5.74, 6) is -1.51. The van der Waals surface area contributed by atoms with Gasteiger partial charge in [0.1, 0.15) is 5.82 Å². The molecule has 0 aliphatic rings. The molecule has 0 saturated carbocycles. The lowest BCUT2D eigenvalue weighted by Gasteiger charge is -2.19. The summed E-state index contributed by atoms with van der Waals surface area (Å²) in [5, 5.41) is 1.99. The van der Waals surface area contributed by atoms with Crippen LogP contribution in [0, 0.1) is 5.82 Å². The molecule has 0 atom stereocenters. The maximum Gasteiger partial charge on any atom is 0.418 e. The van der Waals surface area contributed by atoms with Gasteiger partial charge in [0.2, 0.25) is 0 Å². The Morgan fingerprint density at radius 3 is 2.33 bits per heavy atom. The Balaban J connectivity index is 2.40. The summed E-state index contributed by atoms with van der Waals surface area (Å²) < 4.78 is 52.7. The van der Waals surface area contributed by atoms with Gasteiger partial charge in [0.25, 0.3) is 5.91 Å². The zero-order chi connectivity index (χ0) is 18.1. The molecule has 2 aromatic carbocycles. The van der Waals surface area contributed by atoms with Gasteiger partial charge in [-0.2, -0.15) is 13.2 Å². The highest BCUT2D eigenvalue weighted by atomic mass is 35.5. The van der Waals surface area contributed by atoms with Crippen molar-refractivity contribution in [2.75, 3.05) is 24.3 Å². The first-order valence-electron chi connectivity index (χ1n) is 6.74. The minimum absolute atomic E-state index is 0.122. The van der Waals surface area contributed by atoms with E-state index in [0.29, 0.717) is 5.69 Å². The predicted octanol–water partition coefficient (Wildman–Crippen LogP) is 4.82. The molecule has 0 fully saturated rings. The number of carbonyl (C=O) groups excluding carboxylic acids is 1. The fraction of sp³-hybridized carbons (Fsp3) is 0.188. The van der Waals surface area contributed by atoms with E-state index in [-0.39, 0.29) is 10.6 Å². The van der Waals surface area contributed by atoms with Crippen molar-refractivity contribution in [3.05, 3.63) is 58.4 Å². The second-order valence-electron chi connectivity index (χ2n) is 5.20. The lowest BCUT2D eigenvalue weighted by Crippen LogP contribution is -2.18. The van der Waals surface area contributed by atoms with E-state index in [1.807, 2.05) is 0 Å². The first-order chi connectivity index (χ1) is 11.1. The van der Waals surface area contributed by atoms with E-state index in [2.05, 4.69) is 5.32 Å². The van der Waals surface area contributed by atoms with Gasteiger partial charge in [-0.15, -0.1) is 0 Å². The molecule has 24 heavy (non-hydrogen) atoms. The fourth-order valence-corrected chi connectivity index (χ4v) is 2.27. The Kier molecular flexibility index (Phi) is 5.03. The van der Waals surface area contributed by atoms with Crippen LogP contribution in [-0.2, 0) is 6.18 Å². The van der Waals surface area contributed by atoms with Crippen molar-refractivity contribution in [3.63, 3.8) is 0 Å². The molecule has 128 valence electrons. The van der Waals surface area contributed by atoms with Crippen LogP contribution >= 0.6 is 11.6 Å². The molecule has 2 rings (SSSR count). The predicted molar refractivity (Wildman–Crippen MR) is 85.1 cm³/mol. The van der Waals surface area contributed by atoms with Gasteiger partial charge in [-0.25, -0.2) is 4.39 Å². The van der Waals surface area contributed by atoms with Crippen LogP contribution in [0.25, 0.3) is 0 Å². The van der Waals surface area contributed by atoms with Crippen molar-refractivity contribution >= 4 is 28.9 Å². The Morgan fingerprint density at radius 2 is 1.79 bits per heavy atom. The number of nitrogens with one attached hydrogen (secondary N) is 1. The van der Waals surface area contributed by atoms with E-state index in [1.165, 1.54) is 11.0 Å². The quantitative estimate of drug-likeness (QED) is 0.796. The third-order valence-electron chi connectivity index (χ3n) is 3.25. The number of hydrogen-bond donors (Lipinski definition) is 1. The van der Waals surface area contributed by atoms with Gasteiger partial charge < -0.3 is 10.2 Å². The maximum atomic E-state index is 13.2. The number of nitrogens with zero attached hydrogens (tertiary/aromatic N) is 1. The summed E-state index contributed by atoms with van der Waals surface area (Å²) in [6.45, 7) is 0. The van der Waals surface area contributed by atoms with E-state index < -0.39 is 29.2 Å². The Labute approximate surface area is 140 Å². The standard InChI is InChI=1S/C16H13ClF4N2O/c1-23(2)10-4-6-14(12(8-10)16(19,20)21)22-15(24)11-5-3-9(18)7-13(11)17/h3-8H,1-2H3,(H,22,24). The number of amides is 1. The van der Waals surface area contributed by atoms with Crippen LogP contribution in [0.15, 0.2) is 36.4 Å². The molecule has 1 amide bonds. The van der Waals surface area contributed by atoms with Crippen LogP contribution < -0.4 is 10.2 Å². The first kappa shape index (κ1) is 18.1. The van der Waals surface area contributed by atoms with Crippen LogP contribution in [0.4, 0.5) is 28.9 Å². The van der Waals surface area contributed by atoms with Crippen molar-refractivity contribution in [2.24, 2.45) is 0 Å². The first-order valence-corrected chi connectivity index (χ1v) is 7.12. The summed E-state index contributed by atoms with van der Waals surface area (Å²) in [4.78, 5) is 13.7. The summed E-state index contributed by atoms with van der Waals surface area (Å²) in [6, 6.07) is 6.55. The number of benzene rings is 2. The van der Waals surface area contributed by atoms with E-state index in [9.17, 15) is 22.4 Å². The molecule has 0 unspecified atom stereocenters. The summed E-state index contributed by atoms with van der Waals surface area (Å²) in [6.07, 6.45) is -4.65. The third-order valence-corrected chi connectivity index (χ3v) is 3.56. The normalized spacial score (nSPS) is 11.3. The Hall–Kier alpha value is -2.28. The molecule has 2 aromatic rings. The monoisotopic (exact) mass is 360 g/mol. The molecule has 0 aliphatic carbocycles. The van der Waals surface area contributed by atoms with Crippen LogP contribution in [0.2, 0.25) is 5.02 Å². The van der Waals surface area contributed by atoms with Crippen LogP contribution in [0.3, 0.4) is 0 Å². The maximum absolute atomic E-state index is 13.2. The lowest BCUT2D eigenvalue weighted by atomic mass is 10.1. The second-order valence-corrected chi connectivity index (χ2v) is 5.61. The van der Waals surface area contributed by atoms with Crippen molar-refractivity contribution in [1.82, 2.24) is 0 Å². The average molecular weight is 361 g/mol. The molecule has 0 aromatic heterocycles. The number of anilines is 2.